The molecule has 0 unspecified atom stereocenters. The van der Waals surface area contributed by atoms with E-state index in [2.05, 4.69) is 22.1 Å². The van der Waals surface area contributed by atoms with E-state index in [0.717, 1.165) is 37.2 Å². The lowest BCUT2D eigenvalue weighted by molar-refractivity contribution is -0.142. The highest BCUT2D eigenvalue weighted by Gasteiger charge is 2.44. The topological polar surface area (TPSA) is 50.6 Å². The van der Waals surface area contributed by atoms with Crippen LogP contribution in [0.5, 0.6) is 5.75 Å². The Morgan fingerprint density at radius 3 is 2.31 bits per heavy atom. The average Bonchev–Trinajstić information content (AvgIpc) is 3.27. The van der Waals surface area contributed by atoms with Crippen molar-refractivity contribution in [3.63, 3.8) is 0 Å². The first-order valence-electron chi connectivity index (χ1n) is 11.8. The highest BCUT2D eigenvalue weighted by molar-refractivity contribution is 5.96. The van der Waals surface area contributed by atoms with Crippen LogP contribution in [0.3, 0.4) is 0 Å². The van der Waals surface area contributed by atoms with Crippen molar-refractivity contribution in [1.82, 2.24) is 19.6 Å². The first-order chi connectivity index (χ1) is 16.8. The molecule has 1 saturated heterocycles. The summed E-state index contributed by atoms with van der Waals surface area (Å²) in [6.07, 6.45) is -2.92. The Labute approximate surface area is 201 Å². The van der Waals surface area contributed by atoms with Crippen molar-refractivity contribution >= 4 is 5.91 Å². The largest absolute Gasteiger partial charge is 0.497 e. The smallest absolute Gasteiger partial charge is 0.435 e. The Balaban J connectivity index is 1.38. The molecule has 5 rings (SSSR count). The van der Waals surface area contributed by atoms with Crippen molar-refractivity contribution in [3.8, 4) is 11.4 Å². The quantitative estimate of drug-likeness (QED) is 0.533. The molecule has 35 heavy (non-hydrogen) atoms. The summed E-state index contributed by atoms with van der Waals surface area (Å²) in [5.41, 5.74) is 0.656. The first kappa shape index (κ1) is 23.4. The van der Waals surface area contributed by atoms with Gasteiger partial charge in [-0.1, -0.05) is 30.3 Å². The van der Waals surface area contributed by atoms with Gasteiger partial charge in [-0.05, 0) is 49.1 Å². The zero-order valence-corrected chi connectivity index (χ0v) is 19.5. The highest BCUT2D eigenvalue weighted by Crippen LogP contribution is 2.37. The van der Waals surface area contributed by atoms with E-state index in [1.807, 2.05) is 18.2 Å². The second kappa shape index (κ2) is 9.37. The molecule has 0 saturated carbocycles. The molecule has 0 bridgehead atoms. The number of carbonyl (C=O) groups is 1. The summed E-state index contributed by atoms with van der Waals surface area (Å²) < 4.78 is 47.7. The number of hydrogen-bond donors (Lipinski definition) is 0. The monoisotopic (exact) mass is 484 g/mol. The van der Waals surface area contributed by atoms with Crippen molar-refractivity contribution in [2.24, 2.45) is 0 Å². The number of carbonyl (C=O) groups excluding carboxylic acids is 1. The number of aromatic nitrogens is 2. The maximum Gasteiger partial charge on any atom is 0.435 e. The molecule has 1 fully saturated rings. The Hall–Kier alpha value is -3.33. The van der Waals surface area contributed by atoms with E-state index in [0.29, 0.717) is 11.4 Å². The summed E-state index contributed by atoms with van der Waals surface area (Å²) >= 11 is 0. The van der Waals surface area contributed by atoms with E-state index >= 15 is 0 Å². The van der Waals surface area contributed by atoms with Crippen LogP contribution in [0.15, 0.2) is 54.6 Å². The van der Waals surface area contributed by atoms with Crippen molar-refractivity contribution < 1.29 is 22.7 Å². The van der Waals surface area contributed by atoms with Gasteiger partial charge in [-0.3, -0.25) is 9.69 Å². The van der Waals surface area contributed by atoms with Crippen molar-refractivity contribution in [3.05, 3.63) is 77.1 Å². The molecule has 9 heteroatoms. The molecule has 0 aliphatic carbocycles. The van der Waals surface area contributed by atoms with Crippen LogP contribution in [-0.4, -0.2) is 58.3 Å². The molecule has 2 aliphatic heterocycles. The van der Waals surface area contributed by atoms with Crippen molar-refractivity contribution in [1.29, 1.82) is 0 Å². The van der Waals surface area contributed by atoms with Crippen molar-refractivity contribution in [2.45, 2.75) is 38.0 Å². The van der Waals surface area contributed by atoms with E-state index in [4.69, 9.17) is 4.74 Å². The Bertz CT molecular complexity index is 1180. The third-order valence-corrected chi connectivity index (χ3v) is 6.88. The second-order valence-electron chi connectivity index (χ2n) is 9.02. The molecule has 0 N–H and O–H groups in total. The zero-order chi connectivity index (χ0) is 24.6. The fourth-order valence-electron chi connectivity index (χ4n) is 5.09. The summed E-state index contributed by atoms with van der Waals surface area (Å²) in [6.45, 7) is 2.79. The summed E-state index contributed by atoms with van der Waals surface area (Å²) in [7, 11) is 1.51. The van der Waals surface area contributed by atoms with Gasteiger partial charge in [0.25, 0.3) is 5.91 Å². The fraction of sp³-hybridized carbons (Fsp3) is 0.385. The molecule has 1 aromatic heterocycles. The van der Waals surface area contributed by atoms with Gasteiger partial charge in [-0.25, -0.2) is 4.68 Å². The minimum atomic E-state index is -4.63. The first-order valence-corrected chi connectivity index (χ1v) is 11.8. The average molecular weight is 485 g/mol. The van der Waals surface area contributed by atoms with Crippen LogP contribution in [0.4, 0.5) is 13.2 Å². The van der Waals surface area contributed by atoms with E-state index in [-0.39, 0.29) is 36.2 Å². The SMILES string of the molecule is COc1ccc(-n2nc(C(F)(F)F)c3c2C(=O)N(C2CCN(Cc4ccccc4)CC2)CC3)cc1. The number of benzene rings is 2. The fourth-order valence-corrected chi connectivity index (χ4v) is 5.09. The molecular weight excluding hydrogens is 457 g/mol. The van der Waals surface area contributed by atoms with Crippen LogP contribution in [0.1, 0.15) is 40.2 Å². The van der Waals surface area contributed by atoms with E-state index < -0.39 is 11.9 Å². The number of piperidine rings is 1. The molecule has 6 nitrogen and oxygen atoms in total. The number of alkyl halides is 3. The number of likely N-dealkylation sites (tertiary alicyclic amines) is 1. The maximum absolute atomic E-state index is 13.8. The predicted octanol–water partition coefficient (Wildman–Crippen LogP) is 4.56. The second-order valence-corrected chi connectivity index (χ2v) is 9.02. The van der Waals surface area contributed by atoms with Gasteiger partial charge in [0.2, 0.25) is 0 Å². The van der Waals surface area contributed by atoms with Crippen LogP contribution in [0.25, 0.3) is 5.69 Å². The molecule has 0 spiro atoms. The van der Waals surface area contributed by atoms with Gasteiger partial charge in [0.05, 0.1) is 12.8 Å². The number of hydrogen-bond acceptors (Lipinski definition) is 4. The van der Waals surface area contributed by atoms with Gasteiger partial charge < -0.3 is 9.64 Å². The molecule has 2 aromatic carbocycles. The summed E-state index contributed by atoms with van der Waals surface area (Å²) in [4.78, 5) is 17.7. The molecule has 184 valence electrons. The predicted molar refractivity (Wildman–Crippen MR) is 125 cm³/mol. The van der Waals surface area contributed by atoms with Crippen LogP contribution in [0, 0.1) is 0 Å². The normalized spacial score (nSPS) is 17.5. The minimum Gasteiger partial charge on any atom is -0.497 e. The zero-order valence-electron chi connectivity index (χ0n) is 19.5. The van der Waals surface area contributed by atoms with Gasteiger partial charge in [-0.2, -0.15) is 18.3 Å². The Kier molecular flexibility index (Phi) is 6.27. The van der Waals surface area contributed by atoms with Crippen molar-refractivity contribution in [2.75, 3.05) is 26.7 Å². The third kappa shape index (κ3) is 4.65. The molecule has 0 radical (unpaired) electrons. The summed E-state index contributed by atoms with van der Waals surface area (Å²) in [6, 6.07) is 16.7. The van der Waals surface area contributed by atoms with Crippen LogP contribution in [-0.2, 0) is 19.1 Å². The number of amides is 1. The molecule has 1 amide bonds. The number of nitrogens with zero attached hydrogens (tertiary/aromatic N) is 4. The van der Waals surface area contributed by atoms with Crippen LogP contribution < -0.4 is 4.74 Å². The number of fused-ring (bicyclic) bond motifs is 1. The number of methoxy groups -OCH3 is 1. The van der Waals surface area contributed by atoms with E-state index in [1.54, 1.807) is 29.2 Å². The van der Waals surface area contributed by atoms with Crippen LogP contribution >= 0.6 is 0 Å². The number of ether oxygens (including phenoxy) is 1. The lowest BCUT2D eigenvalue weighted by Crippen LogP contribution is -2.50. The lowest BCUT2D eigenvalue weighted by Gasteiger charge is -2.40. The highest BCUT2D eigenvalue weighted by atomic mass is 19.4. The molecule has 3 aromatic rings. The van der Waals surface area contributed by atoms with Gasteiger partial charge in [-0.15, -0.1) is 0 Å². The summed E-state index contributed by atoms with van der Waals surface area (Å²) in [5.74, 6) is 0.188. The van der Waals surface area contributed by atoms with E-state index in [1.165, 1.54) is 12.7 Å². The number of rotatable bonds is 5. The Morgan fingerprint density at radius 1 is 1.00 bits per heavy atom. The van der Waals surface area contributed by atoms with Gasteiger partial charge >= 0.3 is 6.18 Å². The van der Waals surface area contributed by atoms with Gasteiger partial charge in [0, 0.05) is 37.8 Å². The molecule has 3 heterocycles. The molecular formula is C26H27F3N4O2. The van der Waals surface area contributed by atoms with Crippen LogP contribution in [0.2, 0.25) is 0 Å². The maximum atomic E-state index is 13.8. The summed E-state index contributed by atoms with van der Waals surface area (Å²) in [5, 5.41) is 3.87. The standard InChI is InChI=1S/C26H27F3N4O2/c1-35-21-9-7-20(8-10-21)33-23-22(24(30-33)26(27,28)29)13-16-32(25(23)34)19-11-14-31(15-12-19)17-18-5-3-2-4-6-18/h2-10,19H,11-17H2,1H3. The Morgan fingerprint density at radius 2 is 1.69 bits per heavy atom. The van der Waals surface area contributed by atoms with Gasteiger partial charge in [0.1, 0.15) is 11.4 Å². The van der Waals surface area contributed by atoms with Gasteiger partial charge in [0.15, 0.2) is 5.69 Å². The minimum absolute atomic E-state index is 0.00349. The molecule has 2 aliphatic rings. The molecule has 0 atom stereocenters. The number of halogens is 3. The lowest BCUT2D eigenvalue weighted by atomic mass is 9.96. The van der Waals surface area contributed by atoms with E-state index in [9.17, 15) is 18.0 Å². The third-order valence-electron chi connectivity index (χ3n) is 6.88.